The quantitative estimate of drug-likeness (QED) is 0.321. The molecule has 2 unspecified atom stereocenters. The number of nitrogens with zero attached hydrogens (tertiary/aromatic N) is 3. The molecule has 0 saturated carbocycles. The summed E-state index contributed by atoms with van der Waals surface area (Å²) < 4.78 is 5.76. The summed E-state index contributed by atoms with van der Waals surface area (Å²) in [5.74, 6) is 6.10. The first kappa shape index (κ1) is 22.1. The van der Waals surface area contributed by atoms with Crippen molar-refractivity contribution in [2.75, 3.05) is 24.6 Å². The number of nitrogens with two attached hydrogens (primary N) is 1. The van der Waals surface area contributed by atoms with E-state index in [4.69, 9.17) is 10.6 Å². The fourth-order valence-electron chi connectivity index (χ4n) is 5.29. The van der Waals surface area contributed by atoms with Crippen molar-refractivity contribution in [1.29, 1.82) is 0 Å². The molecule has 5 rings (SSSR count). The van der Waals surface area contributed by atoms with Gasteiger partial charge in [0.1, 0.15) is 5.69 Å². The van der Waals surface area contributed by atoms with E-state index in [2.05, 4.69) is 40.0 Å². The molecule has 0 radical (unpaired) electrons. The third kappa shape index (κ3) is 4.43. The van der Waals surface area contributed by atoms with Crippen molar-refractivity contribution in [2.24, 2.45) is 11.3 Å². The molecule has 1 aliphatic carbocycles. The van der Waals surface area contributed by atoms with Crippen LogP contribution in [0.5, 0.6) is 0 Å². The summed E-state index contributed by atoms with van der Waals surface area (Å²) in [6.07, 6.45) is 3.42. The van der Waals surface area contributed by atoms with Crippen LogP contribution in [0.15, 0.2) is 24.3 Å². The predicted molar refractivity (Wildman–Crippen MR) is 130 cm³/mol. The molecule has 176 valence electrons. The Bertz CT molecular complexity index is 1170. The second-order valence-corrected chi connectivity index (χ2v) is 10.5. The van der Waals surface area contributed by atoms with Gasteiger partial charge in [-0.2, -0.15) is 5.10 Å². The molecule has 33 heavy (non-hydrogen) atoms. The third-order valence-corrected chi connectivity index (χ3v) is 6.92. The van der Waals surface area contributed by atoms with Crippen LogP contribution in [0.25, 0.3) is 22.3 Å². The van der Waals surface area contributed by atoms with Gasteiger partial charge in [-0.1, -0.05) is 19.9 Å². The Hall–Kier alpha value is -2.68. The van der Waals surface area contributed by atoms with Gasteiger partial charge >= 0.3 is 0 Å². The molecule has 2 aliphatic rings. The number of amides is 1. The second-order valence-electron chi connectivity index (χ2n) is 10.5. The van der Waals surface area contributed by atoms with Crippen LogP contribution in [-0.2, 0) is 22.4 Å². The summed E-state index contributed by atoms with van der Waals surface area (Å²) in [5, 5.41) is 10.2. The molecule has 8 nitrogen and oxygen atoms in total. The van der Waals surface area contributed by atoms with Gasteiger partial charge in [-0.05, 0) is 56.7 Å². The third-order valence-electron chi connectivity index (χ3n) is 6.92. The maximum absolute atomic E-state index is 12.9. The monoisotopic (exact) mass is 450 g/mol. The summed E-state index contributed by atoms with van der Waals surface area (Å²) in [4.78, 5) is 18.5. The number of aromatic nitrogens is 3. The lowest BCUT2D eigenvalue weighted by Gasteiger charge is -2.35. The van der Waals surface area contributed by atoms with Gasteiger partial charge in [-0.25, -0.2) is 10.9 Å². The zero-order valence-corrected chi connectivity index (χ0v) is 19.9. The van der Waals surface area contributed by atoms with Crippen LogP contribution in [-0.4, -0.2) is 57.8 Å². The lowest BCUT2D eigenvalue weighted by Crippen LogP contribution is -2.51. The summed E-state index contributed by atoms with van der Waals surface area (Å²) in [6, 6.07) is 7.95. The maximum atomic E-state index is 12.9. The highest BCUT2D eigenvalue weighted by Gasteiger charge is 2.30. The first-order chi connectivity index (χ1) is 15.7. The van der Waals surface area contributed by atoms with Gasteiger partial charge in [0.25, 0.3) is 5.91 Å². The number of ether oxygens (including phenoxy) is 1. The van der Waals surface area contributed by atoms with E-state index in [1.54, 1.807) is 0 Å². The number of hydrogen-bond donors (Lipinski definition) is 3. The van der Waals surface area contributed by atoms with Gasteiger partial charge in [0.05, 0.1) is 30.1 Å². The number of hydrazine groups is 1. The molecule has 2 aromatic heterocycles. The Morgan fingerprint density at radius 2 is 2.03 bits per heavy atom. The van der Waals surface area contributed by atoms with Crippen molar-refractivity contribution < 1.29 is 9.53 Å². The minimum Gasteiger partial charge on any atom is -0.373 e. The zero-order chi connectivity index (χ0) is 23.3. The number of fused-ring (bicyclic) bond motifs is 2. The van der Waals surface area contributed by atoms with Gasteiger partial charge in [0.15, 0.2) is 0 Å². The Balaban J connectivity index is 1.35. The summed E-state index contributed by atoms with van der Waals surface area (Å²) in [6.45, 7) is 10.4. The van der Waals surface area contributed by atoms with Crippen molar-refractivity contribution in [1.82, 2.24) is 20.1 Å². The van der Waals surface area contributed by atoms with Crippen LogP contribution in [0, 0.1) is 5.41 Å². The minimum absolute atomic E-state index is 0.111. The van der Waals surface area contributed by atoms with Crippen molar-refractivity contribution >= 4 is 22.5 Å². The van der Waals surface area contributed by atoms with Gasteiger partial charge < -0.3 is 9.72 Å². The first-order valence-electron chi connectivity index (χ1n) is 11.8. The van der Waals surface area contributed by atoms with E-state index in [0.717, 1.165) is 54.6 Å². The molecule has 8 heteroatoms. The standard InChI is InChI=1S/C25H34N6O2/c1-15-12-30(13-16(2)33-15)14-23(32)31(26)18-6-5-17-9-21(27-20(17)10-18)24-19-7-8-25(3,4)11-22(19)28-29-24/h5-6,9-10,15-16,27H,7-8,11-14,26H2,1-4H3,(H,28,29). The average Bonchev–Trinajstić information content (AvgIpc) is 3.34. The molecule has 0 bridgehead atoms. The molecule has 3 heterocycles. The second kappa shape index (κ2) is 8.27. The average molecular weight is 451 g/mol. The summed E-state index contributed by atoms with van der Waals surface area (Å²) in [5.41, 5.74) is 6.45. The Kier molecular flexibility index (Phi) is 5.55. The van der Waals surface area contributed by atoms with E-state index >= 15 is 0 Å². The van der Waals surface area contributed by atoms with E-state index < -0.39 is 0 Å². The van der Waals surface area contributed by atoms with Crippen LogP contribution in [0.2, 0.25) is 0 Å². The largest absolute Gasteiger partial charge is 0.373 e. The SMILES string of the molecule is CC1CN(CC(=O)N(N)c2ccc3cc(-c4n[nH]c5c4CCC(C)(C)C5)[nH]c3c2)CC(C)O1. The molecule has 1 amide bonds. The normalized spacial score (nSPS) is 22.9. The van der Waals surface area contributed by atoms with Crippen molar-refractivity contribution in [3.63, 3.8) is 0 Å². The fourth-order valence-corrected chi connectivity index (χ4v) is 5.29. The Morgan fingerprint density at radius 1 is 1.27 bits per heavy atom. The molecule has 4 N–H and O–H groups in total. The lowest BCUT2D eigenvalue weighted by molar-refractivity contribution is -0.123. The molecular formula is C25H34N6O2. The fraction of sp³-hybridized carbons (Fsp3) is 0.520. The van der Waals surface area contributed by atoms with Crippen molar-refractivity contribution in [2.45, 2.75) is 59.2 Å². The number of aromatic amines is 2. The van der Waals surface area contributed by atoms with Crippen molar-refractivity contribution in [3.8, 4) is 11.4 Å². The number of anilines is 1. The van der Waals surface area contributed by atoms with E-state index in [1.807, 2.05) is 32.0 Å². The van der Waals surface area contributed by atoms with Gasteiger partial charge in [0, 0.05) is 35.2 Å². The molecule has 0 spiro atoms. The highest BCUT2D eigenvalue weighted by molar-refractivity contribution is 5.96. The van der Waals surface area contributed by atoms with Crippen LogP contribution in [0.1, 0.15) is 45.4 Å². The number of nitrogens with one attached hydrogen (secondary N) is 2. The van der Waals surface area contributed by atoms with Gasteiger partial charge in [0.2, 0.25) is 0 Å². The number of hydrogen-bond acceptors (Lipinski definition) is 5. The molecule has 1 saturated heterocycles. The molecule has 2 atom stereocenters. The van der Waals surface area contributed by atoms with E-state index in [1.165, 1.54) is 16.3 Å². The van der Waals surface area contributed by atoms with E-state index in [-0.39, 0.29) is 24.7 Å². The molecular weight excluding hydrogens is 416 g/mol. The van der Waals surface area contributed by atoms with Crippen LogP contribution in [0.3, 0.4) is 0 Å². The number of morpholine rings is 1. The molecule has 1 fully saturated rings. The number of rotatable bonds is 4. The minimum atomic E-state index is -0.133. The zero-order valence-electron chi connectivity index (χ0n) is 19.9. The van der Waals surface area contributed by atoms with Crippen molar-refractivity contribution in [3.05, 3.63) is 35.5 Å². The summed E-state index contributed by atoms with van der Waals surface area (Å²) >= 11 is 0. The van der Waals surface area contributed by atoms with Gasteiger partial charge in [-0.3, -0.25) is 14.8 Å². The highest BCUT2D eigenvalue weighted by Crippen LogP contribution is 2.38. The molecule has 1 aliphatic heterocycles. The van der Waals surface area contributed by atoms with Crippen LogP contribution in [0.4, 0.5) is 5.69 Å². The summed E-state index contributed by atoms with van der Waals surface area (Å²) in [7, 11) is 0. The topological polar surface area (TPSA) is 103 Å². The Morgan fingerprint density at radius 3 is 2.79 bits per heavy atom. The molecule has 1 aromatic carbocycles. The highest BCUT2D eigenvalue weighted by atomic mass is 16.5. The maximum Gasteiger partial charge on any atom is 0.255 e. The lowest BCUT2D eigenvalue weighted by atomic mass is 9.76. The number of carbonyl (C=O) groups is 1. The number of H-pyrrole nitrogens is 2. The Labute approximate surface area is 194 Å². The van der Waals surface area contributed by atoms with Gasteiger partial charge in [-0.15, -0.1) is 0 Å². The molecule has 3 aromatic rings. The smallest absolute Gasteiger partial charge is 0.255 e. The van der Waals surface area contributed by atoms with E-state index in [9.17, 15) is 4.79 Å². The number of carbonyl (C=O) groups excluding carboxylic acids is 1. The first-order valence-corrected chi connectivity index (χ1v) is 11.8. The predicted octanol–water partition coefficient (Wildman–Crippen LogP) is 3.39. The van der Waals surface area contributed by atoms with Crippen LogP contribution >= 0.6 is 0 Å². The van der Waals surface area contributed by atoms with Crippen LogP contribution < -0.4 is 10.9 Å². The number of benzene rings is 1. The van der Waals surface area contributed by atoms with E-state index in [0.29, 0.717) is 11.1 Å².